The predicted molar refractivity (Wildman–Crippen MR) is 123 cm³/mol. The van der Waals surface area contributed by atoms with E-state index in [0.717, 1.165) is 5.56 Å². The van der Waals surface area contributed by atoms with Crippen LogP contribution in [0.5, 0.6) is 17.4 Å². The van der Waals surface area contributed by atoms with Gasteiger partial charge in [0, 0.05) is 11.6 Å². The number of amides is 1. The molecule has 1 atom stereocenters. The minimum Gasteiger partial charge on any atom is -0.497 e. The van der Waals surface area contributed by atoms with Crippen molar-refractivity contribution in [3.63, 3.8) is 0 Å². The van der Waals surface area contributed by atoms with Gasteiger partial charge < -0.3 is 19.5 Å². The summed E-state index contributed by atoms with van der Waals surface area (Å²) in [5.41, 5.74) is 1.39. The number of rotatable bonds is 9. The minimum absolute atomic E-state index is 0.222. The Balaban J connectivity index is 1.34. The Morgan fingerprint density at radius 3 is 2.79 bits per heavy atom. The second kappa shape index (κ2) is 10.2. The summed E-state index contributed by atoms with van der Waals surface area (Å²) in [5.74, 6) is 1.83. The van der Waals surface area contributed by atoms with Gasteiger partial charge in [0.1, 0.15) is 18.1 Å². The zero-order valence-corrected chi connectivity index (χ0v) is 18.8. The van der Waals surface area contributed by atoms with Crippen LogP contribution in [0.25, 0.3) is 17.0 Å². The van der Waals surface area contributed by atoms with Gasteiger partial charge in [0.05, 0.1) is 18.7 Å². The van der Waals surface area contributed by atoms with Crippen molar-refractivity contribution < 1.29 is 19.0 Å². The molecule has 0 aliphatic rings. The Hall–Kier alpha value is -3.85. The van der Waals surface area contributed by atoms with E-state index >= 15 is 0 Å². The number of methoxy groups -OCH3 is 1. The Morgan fingerprint density at radius 1 is 1.12 bits per heavy atom. The highest BCUT2D eigenvalue weighted by Crippen LogP contribution is 2.24. The molecule has 2 aromatic carbocycles. The second-order valence-corrected chi connectivity index (χ2v) is 7.43. The van der Waals surface area contributed by atoms with Gasteiger partial charge in [-0.25, -0.2) is 0 Å². The quantitative estimate of drug-likeness (QED) is 0.376. The first-order chi connectivity index (χ1) is 16.0. The van der Waals surface area contributed by atoms with Crippen molar-refractivity contribution in [3.05, 3.63) is 65.7 Å². The van der Waals surface area contributed by atoms with Gasteiger partial charge in [0.25, 0.3) is 5.91 Å². The van der Waals surface area contributed by atoms with Crippen LogP contribution in [0, 0.1) is 0 Å². The molecule has 2 heterocycles. The number of para-hydroxylation sites is 1. The van der Waals surface area contributed by atoms with E-state index in [-0.39, 0.29) is 19.1 Å². The summed E-state index contributed by atoms with van der Waals surface area (Å²) in [6.07, 6.45) is -0.707. The van der Waals surface area contributed by atoms with Crippen LogP contribution < -0.4 is 19.5 Å². The number of aromatic nitrogens is 4. The van der Waals surface area contributed by atoms with Gasteiger partial charge in [-0.15, -0.1) is 15.3 Å². The van der Waals surface area contributed by atoms with Gasteiger partial charge in [-0.3, -0.25) is 4.79 Å². The molecule has 4 aromatic rings. The molecule has 0 spiro atoms. The van der Waals surface area contributed by atoms with Gasteiger partial charge in [-0.05, 0) is 37.3 Å². The largest absolute Gasteiger partial charge is 0.497 e. The minimum atomic E-state index is -0.707. The molecule has 0 saturated carbocycles. The number of halogens is 1. The number of nitrogens with zero attached hydrogens (tertiary/aromatic N) is 4. The smallest absolute Gasteiger partial charge is 0.260 e. The lowest BCUT2D eigenvalue weighted by molar-refractivity contribution is -0.127. The van der Waals surface area contributed by atoms with Gasteiger partial charge >= 0.3 is 0 Å². The van der Waals surface area contributed by atoms with Crippen LogP contribution in [0.15, 0.2) is 60.7 Å². The average molecular weight is 468 g/mol. The third-order valence-corrected chi connectivity index (χ3v) is 5.04. The van der Waals surface area contributed by atoms with Crippen molar-refractivity contribution in [2.75, 3.05) is 20.3 Å². The Morgan fingerprint density at radius 2 is 1.97 bits per heavy atom. The van der Waals surface area contributed by atoms with Crippen LogP contribution in [-0.4, -0.2) is 52.1 Å². The fourth-order valence-electron chi connectivity index (χ4n) is 3.05. The first kappa shape index (κ1) is 22.3. The van der Waals surface area contributed by atoms with Crippen molar-refractivity contribution in [1.82, 2.24) is 25.1 Å². The molecule has 0 bridgehead atoms. The molecule has 0 aliphatic carbocycles. The highest BCUT2D eigenvalue weighted by atomic mass is 35.5. The summed E-state index contributed by atoms with van der Waals surface area (Å²) in [7, 11) is 1.60. The molecule has 9 nitrogen and oxygen atoms in total. The summed E-state index contributed by atoms with van der Waals surface area (Å²) < 4.78 is 18.2. The molecular formula is C23H22ClN5O4. The van der Waals surface area contributed by atoms with Crippen LogP contribution >= 0.6 is 11.6 Å². The number of fused-ring (bicyclic) bond motifs is 1. The number of carbonyl (C=O) groups excluding carboxylic acids is 1. The normalized spacial score (nSPS) is 11.7. The molecule has 0 fully saturated rings. The maximum Gasteiger partial charge on any atom is 0.260 e. The number of hydrogen-bond donors (Lipinski definition) is 1. The van der Waals surface area contributed by atoms with Crippen molar-refractivity contribution in [2.24, 2.45) is 0 Å². The molecule has 0 aliphatic heterocycles. The third kappa shape index (κ3) is 5.32. The lowest BCUT2D eigenvalue weighted by atomic mass is 10.2. The molecule has 33 heavy (non-hydrogen) atoms. The lowest BCUT2D eigenvalue weighted by Gasteiger charge is -2.15. The molecule has 1 amide bonds. The molecule has 170 valence electrons. The molecular weight excluding hydrogens is 446 g/mol. The van der Waals surface area contributed by atoms with Crippen LogP contribution in [0.3, 0.4) is 0 Å². The number of nitrogens with one attached hydrogen (secondary N) is 1. The summed E-state index contributed by atoms with van der Waals surface area (Å²) >= 11 is 6.07. The lowest BCUT2D eigenvalue weighted by Crippen LogP contribution is -2.38. The average Bonchev–Trinajstić information content (AvgIpc) is 3.26. The van der Waals surface area contributed by atoms with Crippen molar-refractivity contribution in [3.8, 4) is 28.8 Å². The van der Waals surface area contributed by atoms with Crippen molar-refractivity contribution >= 4 is 23.2 Å². The summed E-state index contributed by atoms with van der Waals surface area (Å²) in [6.45, 7) is 2.15. The molecule has 2 aromatic heterocycles. The fraction of sp³-hybridized carbons (Fsp3) is 0.217. The number of benzene rings is 2. The zero-order chi connectivity index (χ0) is 23.2. The Bertz CT molecular complexity index is 1260. The highest BCUT2D eigenvalue weighted by Gasteiger charge is 2.16. The van der Waals surface area contributed by atoms with E-state index in [9.17, 15) is 4.79 Å². The predicted octanol–water partition coefficient (Wildman–Crippen LogP) is 3.42. The van der Waals surface area contributed by atoms with Crippen molar-refractivity contribution in [1.29, 1.82) is 0 Å². The van der Waals surface area contributed by atoms with E-state index in [1.807, 2.05) is 24.3 Å². The first-order valence-corrected chi connectivity index (χ1v) is 10.6. The third-order valence-electron chi connectivity index (χ3n) is 4.73. The topological polar surface area (TPSA) is 99.9 Å². The van der Waals surface area contributed by atoms with Gasteiger partial charge in [-0.1, -0.05) is 35.9 Å². The standard InChI is InChI=1S/C23H22ClN5O4/c1-15(33-19-9-4-3-8-18(19)24)23(30)25-12-13-32-21-11-10-20-26-27-22(29(20)28-21)16-6-5-7-17(14-16)31-2/h3-11,14-15H,12-13H2,1-2H3,(H,25,30). The SMILES string of the molecule is COc1cccc(-c2nnc3ccc(OCCNC(=O)C(C)Oc4ccccc4Cl)nn23)c1. The molecule has 0 saturated heterocycles. The zero-order valence-electron chi connectivity index (χ0n) is 18.1. The van der Waals surface area contributed by atoms with Crippen LogP contribution in [-0.2, 0) is 4.79 Å². The van der Waals surface area contributed by atoms with E-state index in [1.54, 1.807) is 54.9 Å². The van der Waals surface area contributed by atoms with E-state index < -0.39 is 6.10 Å². The number of hydrogen-bond acceptors (Lipinski definition) is 7. The van der Waals surface area contributed by atoms with E-state index in [2.05, 4.69) is 20.6 Å². The van der Waals surface area contributed by atoms with Gasteiger partial charge in [-0.2, -0.15) is 4.52 Å². The number of ether oxygens (including phenoxy) is 3. The Labute approximate surface area is 195 Å². The summed E-state index contributed by atoms with van der Waals surface area (Å²) in [4.78, 5) is 12.3. The fourth-order valence-corrected chi connectivity index (χ4v) is 3.23. The molecule has 10 heteroatoms. The highest BCUT2D eigenvalue weighted by molar-refractivity contribution is 6.32. The molecule has 1 N–H and O–H groups in total. The van der Waals surface area contributed by atoms with Crippen LogP contribution in [0.4, 0.5) is 0 Å². The molecule has 0 radical (unpaired) electrons. The van der Waals surface area contributed by atoms with E-state index in [4.69, 9.17) is 25.8 Å². The maximum absolute atomic E-state index is 12.3. The number of carbonyl (C=O) groups is 1. The van der Waals surface area contributed by atoms with Gasteiger partial charge in [0.2, 0.25) is 5.88 Å². The van der Waals surface area contributed by atoms with Crippen molar-refractivity contribution in [2.45, 2.75) is 13.0 Å². The van der Waals surface area contributed by atoms with Gasteiger partial charge in [0.15, 0.2) is 17.6 Å². The second-order valence-electron chi connectivity index (χ2n) is 7.03. The maximum atomic E-state index is 12.3. The summed E-state index contributed by atoms with van der Waals surface area (Å²) in [6, 6.07) is 17.9. The first-order valence-electron chi connectivity index (χ1n) is 10.2. The Kier molecular flexibility index (Phi) is 6.89. The molecule has 1 unspecified atom stereocenters. The van der Waals surface area contributed by atoms with Crippen LogP contribution in [0.2, 0.25) is 5.02 Å². The van der Waals surface area contributed by atoms with E-state index in [0.29, 0.717) is 33.9 Å². The van der Waals surface area contributed by atoms with Crippen LogP contribution in [0.1, 0.15) is 6.92 Å². The van der Waals surface area contributed by atoms with E-state index in [1.165, 1.54) is 0 Å². The summed E-state index contributed by atoms with van der Waals surface area (Å²) in [5, 5.41) is 16.0. The monoisotopic (exact) mass is 467 g/mol. The molecule has 4 rings (SSSR count).